The van der Waals surface area contributed by atoms with Crippen LogP contribution in [0.4, 0.5) is 10.5 Å². The van der Waals surface area contributed by atoms with Gasteiger partial charge in [-0.15, -0.1) is 0 Å². The Bertz CT molecular complexity index is 671. The van der Waals surface area contributed by atoms with E-state index < -0.39 is 17.5 Å². The van der Waals surface area contributed by atoms with Crippen LogP contribution in [0.25, 0.3) is 0 Å². The van der Waals surface area contributed by atoms with Crippen LogP contribution in [0, 0.1) is 0 Å². The standard InChI is InChI=1S/C14H13N3O4/c18-11-7-13(20)12(19)6-9(11)8-15-14(21)17-16-10-4-2-1-3-5-10/h1-8,16,18-20H,(H,17,21). The van der Waals surface area contributed by atoms with E-state index in [4.69, 9.17) is 5.11 Å². The minimum absolute atomic E-state index is 0.0974. The van der Waals surface area contributed by atoms with Gasteiger partial charge in [0.1, 0.15) is 5.75 Å². The van der Waals surface area contributed by atoms with Crippen molar-refractivity contribution in [1.82, 2.24) is 5.43 Å². The van der Waals surface area contributed by atoms with Crippen molar-refractivity contribution in [2.75, 3.05) is 5.43 Å². The maximum atomic E-state index is 11.5. The summed E-state index contributed by atoms with van der Waals surface area (Å²) in [5, 5.41) is 28.0. The Morgan fingerprint density at radius 2 is 1.67 bits per heavy atom. The number of carbonyl (C=O) groups excluding carboxylic acids is 1. The monoisotopic (exact) mass is 287 g/mol. The summed E-state index contributed by atoms with van der Waals surface area (Å²) in [4.78, 5) is 15.0. The molecule has 0 aliphatic carbocycles. The maximum absolute atomic E-state index is 11.5. The number of aliphatic imine (C=N–C) groups is 1. The van der Waals surface area contributed by atoms with Crippen LogP contribution in [0.1, 0.15) is 5.56 Å². The SMILES string of the molecule is O=C(N=Cc1cc(O)c(O)cc1O)NNc1ccccc1. The van der Waals surface area contributed by atoms with Crippen LogP contribution >= 0.6 is 0 Å². The number of rotatable bonds is 3. The summed E-state index contributed by atoms with van der Waals surface area (Å²) in [6.45, 7) is 0. The van der Waals surface area contributed by atoms with Crippen LogP contribution in [-0.2, 0) is 0 Å². The fourth-order valence-corrected chi connectivity index (χ4v) is 1.49. The number of hydrogen-bond acceptors (Lipinski definition) is 5. The molecule has 7 nitrogen and oxygen atoms in total. The number of phenolic OH excluding ortho intramolecular Hbond substituents is 3. The van der Waals surface area contributed by atoms with Crippen LogP contribution < -0.4 is 10.9 Å². The average Bonchev–Trinajstić information content (AvgIpc) is 2.48. The number of hydrazine groups is 1. The fraction of sp³-hybridized carbons (Fsp3) is 0. The van der Waals surface area contributed by atoms with E-state index in [1.165, 1.54) is 0 Å². The number of hydrogen-bond donors (Lipinski definition) is 5. The maximum Gasteiger partial charge on any atom is 0.359 e. The lowest BCUT2D eigenvalue weighted by molar-refractivity contribution is 0.251. The predicted octanol–water partition coefficient (Wildman–Crippen LogP) is 1.96. The summed E-state index contributed by atoms with van der Waals surface area (Å²) in [5.41, 5.74) is 5.77. The predicted molar refractivity (Wildman–Crippen MR) is 77.6 cm³/mol. The van der Waals surface area contributed by atoms with E-state index in [1.807, 2.05) is 6.07 Å². The van der Waals surface area contributed by atoms with Crippen molar-refractivity contribution in [3.63, 3.8) is 0 Å². The van der Waals surface area contributed by atoms with Crippen LogP contribution in [0.15, 0.2) is 47.5 Å². The molecule has 0 radical (unpaired) electrons. The van der Waals surface area contributed by atoms with E-state index in [1.54, 1.807) is 24.3 Å². The van der Waals surface area contributed by atoms with Gasteiger partial charge in [0.25, 0.3) is 0 Å². The number of para-hydroxylation sites is 1. The molecule has 0 atom stereocenters. The molecule has 5 N–H and O–H groups in total. The molecule has 0 saturated carbocycles. The summed E-state index contributed by atoms with van der Waals surface area (Å²) in [7, 11) is 0. The van der Waals surface area contributed by atoms with Gasteiger partial charge in [0.15, 0.2) is 11.5 Å². The van der Waals surface area contributed by atoms with Crippen molar-refractivity contribution in [2.45, 2.75) is 0 Å². The van der Waals surface area contributed by atoms with E-state index >= 15 is 0 Å². The van der Waals surface area contributed by atoms with Gasteiger partial charge in [0.05, 0.1) is 5.69 Å². The van der Waals surface area contributed by atoms with E-state index in [9.17, 15) is 15.0 Å². The van der Waals surface area contributed by atoms with Crippen molar-refractivity contribution in [3.8, 4) is 17.2 Å². The largest absolute Gasteiger partial charge is 0.507 e. The molecule has 2 amide bonds. The number of phenols is 3. The molecule has 0 unspecified atom stereocenters. The van der Waals surface area contributed by atoms with Gasteiger partial charge in [-0.3, -0.25) is 5.43 Å². The van der Waals surface area contributed by atoms with Gasteiger partial charge in [0, 0.05) is 17.8 Å². The molecule has 0 bridgehead atoms. The summed E-state index contributed by atoms with van der Waals surface area (Å²) < 4.78 is 0. The molecule has 108 valence electrons. The molecule has 0 heterocycles. The molecule has 0 saturated heterocycles. The number of urea groups is 1. The summed E-state index contributed by atoms with van der Waals surface area (Å²) in [5.74, 6) is -1.19. The minimum Gasteiger partial charge on any atom is -0.507 e. The van der Waals surface area contributed by atoms with Gasteiger partial charge in [-0.2, -0.15) is 4.99 Å². The highest BCUT2D eigenvalue weighted by atomic mass is 16.3. The molecule has 2 aromatic carbocycles. The quantitative estimate of drug-likeness (QED) is 0.256. The molecule has 21 heavy (non-hydrogen) atoms. The molecular weight excluding hydrogens is 274 g/mol. The Labute approximate surface area is 120 Å². The van der Waals surface area contributed by atoms with Crippen molar-refractivity contribution in [1.29, 1.82) is 0 Å². The number of anilines is 1. The Balaban J connectivity index is 1.98. The molecule has 7 heteroatoms. The third-order valence-corrected chi connectivity index (χ3v) is 2.53. The Hall–Kier alpha value is -3.22. The Kier molecular flexibility index (Phi) is 4.25. The number of benzene rings is 2. The first kappa shape index (κ1) is 14.2. The summed E-state index contributed by atoms with van der Waals surface area (Å²) in [6.07, 6.45) is 1.07. The molecule has 0 aromatic heterocycles. The third-order valence-electron chi connectivity index (χ3n) is 2.53. The van der Waals surface area contributed by atoms with Gasteiger partial charge >= 0.3 is 6.03 Å². The van der Waals surface area contributed by atoms with Gasteiger partial charge in [-0.1, -0.05) is 18.2 Å². The zero-order valence-electron chi connectivity index (χ0n) is 10.8. The van der Waals surface area contributed by atoms with E-state index in [2.05, 4.69) is 15.8 Å². The highest BCUT2D eigenvalue weighted by molar-refractivity contribution is 5.93. The minimum atomic E-state index is -0.689. The lowest BCUT2D eigenvalue weighted by Gasteiger charge is -2.05. The van der Waals surface area contributed by atoms with E-state index in [0.717, 1.165) is 18.3 Å². The van der Waals surface area contributed by atoms with Crippen molar-refractivity contribution >= 4 is 17.9 Å². The van der Waals surface area contributed by atoms with Crippen LogP contribution in [0.3, 0.4) is 0 Å². The van der Waals surface area contributed by atoms with Crippen LogP contribution in [0.5, 0.6) is 17.2 Å². The zero-order valence-corrected chi connectivity index (χ0v) is 10.8. The average molecular weight is 287 g/mol. The molecular formula is C14H13N3O4. The zero-order chi connectivity index (χ0) is 15.2. The summed E-state index contributed by atoms with van der Waals surface area (Å²) in [6, 6.07) is 10.3. The summed E-state index contributed by atoms with van der Waals surface area (Å²) >= 11 is 0. The Morgan fingerprint density at radius 3 is 2.38 bits per heavy atom. The van der Waals surface area contributed by atoms with Gasteiger partial charge < -0.3 is 15.3 Å². The van der Waals surface area contributed by atoms with Gasteiger partial charge in [-0.25, -0.2) is 10.2 Å². The third kappa shape index (κ3) is 3.87. The molecule has 2 rings (SSSR count). The smallest absolute Gasteiger partial charge is 0.359 e. The molecule has 0 aliphatic heterocycles. The Morgan fingerprint density at radius 1 is 1.00 bits per heavy atom. The number of carbonyl (C=O) groups is 1. The lowest BCUT2D eigenvalue weighted by atomic mass is 10.2. The first-order chi connectivity index (χ1) is 10.1. The number of aromatic hydroxyl groups is 3. The topological polar surface area (TPSA) is 114 Å². The molecule has 0 spiro atoms. The fourth-order valence-electron chi connectivity index (χ4n) is 1.49. The van der Waals surface area contributed by atoms with Gasteiger partial charge in [0.2, 0.25) is 0 Å². The van der Waals surface area contributed by atoms with Crippen molar-refractivity contribution < 1.29 is 20.1 Å². The van der Waals surface area contributed by atoms with E-state index in [-0.39, 0.29) is 11.3 Å². The number of nitrogens with zero attached hydrogens (tertiary/aromatic N) is 1. The van der Waals surface area contributed by atoms with Crippen LogP contribution in [0.2, 0.25) is 0 Å². The molecule has 2 aromatic rings. The number of amides is 2. The molecule has 0 aliphatic rings. The first-order valence-corrected chi connectivity index (χ1v) is 5.96. The van der Waals surface area contributed by atoms with Gasteiger partial charge in [-0.05, 0) is 18.2 Å². The highest BCUT2D eigenvalue weighted by Crippen LogP contribution is 2.31. The van der Waals surface area contributed by atoms with Crippen molar-refractivity contribution in [3.05, 3.63) is 48.0 Å². The second kappa shape index (κ2) is 6.29. The first-order valence-electron chi connectivity index (χ1n) is 5.96. The normalized spacial score (nSPS) is 10.5. The lowest BCUT2D eigenvalue weighted by Crippen LogP contribution is -2.26. The second-order valence-electron chi connectivity index (χ2n) is 4.08. The highest BCUT2D eigenvalue weighted by Gasteiger charge is 2.06. The van der Waals surface area contributed by atoms with Crippen molar-refractivity contribution in [2.24, 2.45) is 4.99 Å². The second-order valence-corrected chi connectivity index (χ2v) is 4.08. The van der Waals surface area contributed by atoms with Crippen LogP contribution in [-0.4, -0.2) is 27.6 Å². The number of nitrogens with one attached hydrogen (secondary N) is 2. The van der Waals surface area contributed by atoms with E-state index in [0.29, 0.717) is 5.69 Å². The molecule has 0 fully saturated rings.